The van der Waals surface area contributed by atoms with Crippen molar-refractivity contribution in [1.82, 2.24) is 10.4 Å². The van der Waals surface area contributed by atoms with Crippen molar-refractivity contribution in [1.29, 1.82) is 10.5 Å². The largest absolute Gasteiger partial charge is 0.307 e. The Labute approximate surface area is 119 Å². The maximum absolute atomic E-state index is 9.29. The summed E-state index contributed by atoms with van der Waals surface area (Å²) in [6.07, 6.45) is 2.02. The molecule has 1 aliphatic heterocycles. The molecule has 1 aromatic carbocycles. The molecular weight excluding hydrogens is 250 g/mol. The zero-order chi connectivity index (χ0) is 14.6. The molecule has 1 aromatic rings. The van der Waals surface area contributed by atoms with Gasteiger partial charge in [-0.05, 0) is 30.5 Å². The summed E-state index contributed by atoms with van der Waals surface area (Å²) in [5.74, 6) is 0. The van der Waals surface area contributed by atoms with Crippen LogP contribution in [0.1, 0.15) is 30.5 Å². The number of aliphatic imine (C=N–C) groups is 1. The molecule has 2 rings (SSSR count). The maximum atomic E-state index is 9.29. The van der Waals surface area contributed by atoms with Gasteiger partial charge in [-0.15, -0.1) is 0 Å². The van der Waals surface area contributed by atoms with Gasteiger partial charge in [-0.2, -0.15) is 15.5 Å². The Morgan fingerprint density at radius 2 is 2.05 bits per heavy atom. The van der Waals surface area contributed by atoms with Crippen molar-refractivity contribution in [3.8, 4) is 12.1 Å². The van der Waals surface area contributed by atoms with Gasteiger partial charge in [0.1, 0.15) is 6.67 Å². The highest BCUT2D eigenvalue weighted by molar-refractivity contribution is 5.55. The SMILES string of the molecule is CC(C)(C#N)c1cc(CC#N)cc(CN2CN=CN2)c1. The highest BCUT2D eigenvalue weighted by atomic mass is 15.6. The van der Waals surface area contributed by atoms with Crippen LogP contribution in [0.4, 0.5) is 0 Å². The quantitative estimate of drug-likeness (QED) is 0.903. The fraction of sp³-hybridized carbons (Fsp3) is 0.400. The van der Waals surface area contributed by atoms with E-state index in [2.05, 4.69) is 22.6 Å². The van der Waals surface area contributed by atoms with Gasteiger partial charge in [-0.25, -0.2) is 0 Å². The van der Waals surface area contributed by atoms with Crippen molar-refractivity contribution in [2.75, 3.05) is 6.67 Å². The molecule has 5 nitrogen and oxygen atoms in total. The van der Waals surface area contributed by atoms with Crippen LogP contribution >= 0.6 is 0 Å². The smallest absolute Gasteiger partial charge is 0.110 e. The summed E-state index contributed by atoms with van der Waals surface area (Å²) in [6, 6.07) is 10.5. The monoisotopic (exact) mass is 267 g/mol. The lowest BCUT2D eigenvalue weighted by Crippen LogP contribution is -2.31. The van der Waals surface area contributed by atoms with Crippen molar-refractivity contribution in [3.63, 3.8) is 0 Å². The maximum Gasteiger partial charge on any atom is 0.110 e. The van der Waals surface area contributed by atoms with E-state index >= 15 is 0 Å². The van der Waals surface area contributed by atoms with Gasteiger partial charge in [0.05, 0.1) is 30.3 Å². The molecule has 0 bridgehead atoms. The van der Waals surface area contributed by atoms with Crippen molar-refractivity contribution in [2.45, 2.75) is 32.2 Å². The first-order valence-electron chi connectivity index (χ1n) is 6.46. The highest BCUT2D eigenvalue weighted by Crippen LogP contribution is 2.25. The summed E-state index contributed by atoms with van der Waals surface area (Å²) in [6.45, 7) is 5.08. The fourth-order valence-corrected chi connectivity index (χ4v) is 2.09. The first kappa shape index (κ1) is 14.0. The zero-order valence-electron chi connectivity index (χ0n) is 11.7. The molecule has 20 heavy (non-hydrogen) atoms. The molecule has 0 fully saturated rings. The second-order valence-electron chi connectivity index (χ2n) is 5.39. The zero-order valence-corrected chi connectivity index (χ0v) is 11.7. The number of hydrogen-bond acceptors (Lipinski definition) is 5. The number of hydrazine groups is 1. The minimum atomic E-state index is -0.560. The van der Waals surface area contributed by atoms with Crippen molar-refractivity contribution in [2.24, 2.45) is 4.99 Å². The summed E-state index contributed by atoms with van der Waals surface area (Å²) < 4.78 is 0. The number of hydrogen-bond donors (Lipinski definition) is 1. The highest BCUT2D eigenvalue weighted by Gasteiger charge is 2.21. The molecule has 0 radical (unpaired) electrons. The van der Waals surface area contributed by atoms with Crippen molar-refractivity contribution < 1.29 is 0 Å². The van der Waals surface area contributed by atoms with Crippen molar-refractivity contribution >= 4 is 6.34 Å². The van der Waals surface area contributed by atoms with E-state index < -0.39 is 5.41 Å². The van der Waals surface area contributed by atoms with E-state index in [1.165, 1.54) is 0 Å². The van der Waals surface area contributed by atoms with Crippen molar-refractivity contribution in [3.05, 3.63) is 34.9 Å². The minimum Gasteiger partial charge on any atom is -0.307 e. The van der Waals surface area contributed by atoms with E-state index in [1.54, 1.807) is 6.34 Å². The second kappa shape index (κ2) is 5.73. The summed E-state index contributed by atoms with van der Waals surface area (Å²) in [5, 5.41) is 20.1. The van der Waals surface area contributed by atoms with Crippen LogP contribution in [0.2, 0.25) is 0 Å². The normalized spacial score (nSPS) is 14.6. The number of benzene rings is 1. The molecule has 0 amide bonds. The van der Waals surface area contributed by atoms with Gasteiger partial charge in [0.2, 0.25) is 0 Å². The van der Waals surface area contributed by atoms with E-state index in [4.69, 9.17) is 5.26 Å². The van der Waals surface area contributed by atoms with Gasteiger partial charge >= 0.3 is 0 Å². The van der Waals surface area contributed by atoms with E-state index in [9.17, 15) is 5.26 Å². The summed E-state index contributed by atoms with van der Waals surface area (Å²) >= 11 is 0. The van der Waals surface area contributed by atoms with Gasteiger partial charge in [0, 0.05) is 6.54 Å². The first-order valence-corrected chi connectivity index (χ1v) is 6.46. The third-order valence-corrected chi connectivity index (χ3v) is 3.29. The summed E-state index contributed by atoms with van der Waals surface area (Å²) in [5.41, 5.74) is 5.45. The van der Waals surface area contributed by atoms with Gasteiger partial charge in [-0.1, -0.05) is 18.2 Å². The molecule has 0 saturated heterocycles. The predicted octanol–water partition coefficient (Wildman–Crippen LogP) is 1.86. The Kier molecular flexibility index (Phi) is 4.02. The molecule has 0 saturated carbocycles. The third-order valence-electron chi connectivity index (χ3n) is 3.29. The lowest BCUT2D eigenvalue weighted by molar-refractivity contribution is 0.258. The van der Waals surface area contributed by atoms with E-state index in [-0.39, 0.29) is 0 Å². The average Bonchev–Trinajstić information content (AvgIpc) is 2.91. The number of nitrogens with one attached hydrogen (secondary N) is 1. The predicted molar refractivity (Wildman–Crippen MR) is 76.4 cm³/mol. The van der Waals surface area contributed by atoms with E-state index in [0.29, 0.717) is 19.6 Å². The van der Waals surface area contributed by atoms with Gasteiger partial charge in [-0.3, -0.25) is 4.99 Å². The van der Waals surface area contributed by atoms with Crippen LogP contribution in [-0.4, -0.2) is 18.0 Å². The van der Waals surface area contributed by atoms with E-state index in [1.807, 2.05) is 37.1 Å². The van der Waals surface area contributed by atoms with E-state index in [0.717, 1.165) is 16.7 Å². The average molecular weight is 267 g/mol. The molecule has 1 N–H and O–H groups in total. The number of nitrogens with zero attached hydrogens (tertiary/aromatic N) is 4. The van der Waals surface area contributed by atoms with Gasteiger partial charge in [0.15, 0.2) is 0 Å². The molecular formula is C15H17N5. The molecule has 1 aliphatic rings. The Morgan fingerprint density at radius 3 is 2.65 bits per heavy atom. The molecule has 5 heteroatoms. The minimum absolute atomic E-state index is 0.353. The molecule has 0 aliphatic carbocycles. The van der Waals surface area contributed by atoms with Crippen LogP contribution in [0, 0.1) is 22.7 Å². The van der Waals surface area contributed by atoms with Crippen LogP contribution in [0.3, 0.4) is 0 Å². The van der Waals surface area contributed by atoms with Gasteiger partial charge < -0.3 is 5.43 Å². The Hall–Kier alpha value is -2.37. The lowest BCUT2D eigenvalue weighted by atomic mass is 9.84. The molecule has 102 valence electrons. The van der Waals surface area contributed by atoms with Crippen LogP contribution < -0.4 is 5.43 Å². The lowest BCUT2D eigenvalue weighted by Gasteiger charge is -2.20. The molecule has 1 heterocycles. The summed E-state index contributed by atoms with van der Waals surface area (Å²) in [4.78, 5) is 4.09. The Bertz CT molecular complexity index is 596. The number of nitriles is 2. The molecule has 0 unspecified atom stereocenters. The first-order chi connectivity index (χ1) is 9.55. The molecule has 0 aromatic heterocycles. The van der Waals surface area contributed by atoms with Crippen LogP contribution in [-0.2, 0) is 18.4 Å². The molecule has 0 atom stereocenters. The topological polar surface area (TPSA) is 75.2 Å². The summed E-state index contributed by atoms with van der Waals surface area (Å²) in [7, 11) is 0. The third kappa shape index (κ3) is 3.14. The van der Waals surface area contributed by atoms with Gasteiger partial charge in [0.25, 0.3) is 0 Å². The standard InChI is InChI=1S/C15H17N5/c1-15(2,9-17)14-6-12(3-4-16)5-13(7-14)8-20-11-18-10-19-20/h5-7,10H,3,8,11H2,1-2H3,(H,18,19). The van der Waals surface area contributed by atoms with Crippen LogP contribution in [0.25, 0.3) is 0 Å². The Morgan fingerprint density at radius 1 is 1.30 bits per heavy atom. The number of rotatable bonds is 4. The van der Waals surface area contributed by atoms with Crippen LogP contribution in [0.15, 0.2) is 23.2 Å². The Balaban J connectivity index is 2.31. The van der Waals surface area contributed by atoms with Crippen LogP contribution in [0.5, 0.6) is 0 Å². The fourth-order valence-electron chi connectivity index (χ4n) is 2.09. The molecule has 0 spiro atoms. The second-order valence-corrected chi connectivity index (χ2v) is 5.39.